The van der Waals surface area contributed by atoms with Gasteiger partial charge >= 0.3 is 5.97 Å². The van der Waals surface area contributed by atoms with E-state index >= 15 is 0 Å². The molecule has 1 heterocycles. The summed E-state index contributed by atoms with van der Waals surface area (Å²) in [5.74, 6) is -0.609. The number of carbonyl (C=O) groups excluding carboxylic acids is 2. The number of aromatic hydroxyl groups is 1. The van der Waals surface area contributed by atoms with Gasteiger partial charge in [0.05, 0.1) is 20.1 Å². The van der Waals surface area contributed by atoms with Gasteiger partial charge in [-0.2, -0.15) is 0 Å². The van der Waals surface area contributed by atoms with Crippen LogP contribution in [-0.4, -0.2) is 48.3 Å². The second-order valence-electron chi connectivity index (χ2n) is 7.88. The van der Waals surface area contributed by atoms with Gasteiger partial charge in [0.15, 0.2) is 23.0 Å². The third-order valence-electron chi connectivity index (χ3n) is 5.02. The van der Waals surface area contributed by atoms with Crippen molar-refractivity contribution < 1.29 is 33.6 Å². The van der Waals surface area contributed by atoms with Crippen molar-refractivity contribution in [3.05, 3.63) is 42.2 Å². The van der Waals surface area contributed by atoms with Crippen LogP contribution in [0.25, 0.3) is 0 Å². The van der Waals surface area contributed by atoms with Gasteiger partial charge < -0.3 is 24.1 Å². The molecule has 0 aliphatic rings. The minimum absolute atomic E-state index is 0.0146. The maximum atomic E-state index is 12.7. The molecule has 0 saturated heterocycles. The zero-order chi connectivity index (χ0) is 23.8. The lowest BCUT2D eigenvalue weighted by atomic mass is 10.00. The van der Waals surface area contributed by atoms with Crippen LogP contribution in [0.15, 0.2) is 36.5 Å². The van der Waals surface area contributed by atoms with Gasteiger partial charge in [-0.25, -0.2) is 4.98 Å². The molecule has 1 aromatic heterocycles. The Kier molecular flexibility index (Phi) is 8.87. The number of Topliss-reactive ketones (excluding diaryl/α,β-unsaturated/α-hetero) is 1. The number of nitrogens with zero attached hydrogens (tertiary/aromatic N) is 1. The highest BCUT2D eigenvalue weighted by atomic mass is 16.6. The van der Waals surface area contributed by atoms with Crippen molar-refractivity contribution in [1.29, 1.82) is 0 Å². The molecule has 3 atom stereocenters. The summed E-state index contributed by atoms with van der Waals surface area (Å²) in [5, 5.41) is 10.1. The third kappa shape index (κ3) is 6.35. The number of hydrogen-bond acceptors (Lipinski definition) is 8. The number of carbonyl (C=O) groups is 2. The molecule has 0 saturated carbocycles. The molecule has 0 unspecified atom stereocenters. The Morgan fingerprint density at radius 3 is 2.16 bits per heavy atom. The van der Waals surface area contributed by atoms with Crippen LogP contribution in [-0.2, 0) is 9.53 Å². The quantitative estimate of drug-likeness (QED) is 0.408. The molecule has 8 heteroatoms. The van der Waals surface area contributed by atoms with Gasteiger partial charge in [-0.1, -0.05) is 20.8 Å². The van der Waals surface area contributed by atoms with Gasteiger partial charge in [0, 0.05) is 18.7 Å². The molecule has 2 rings (SSSR count). The largest absolute Gasteiger partial charge is 0.503 e. The lowest BCUT2D eigenvalue weighted by molar-refractivity contribution is -0.161. The average Bonchev–Trinajstić information content (AvgIpc) is 2.77. The number of rotatable bonds is 11. The first kappa shape index (κ1) is 25.0. The van der Waals surface area contributed by atoms with Crippen molar-refractivity contribution in [2.75, 3.05) is 14.2 Å². The summed E-state index contributed by atoms with van der Waals surface area (Å²) < 4.78 is 21.8. The van der Waals surface area contributed by atoms with Crippen LogP contribution in [0.5, 0.6) is 23.0 Å². The number of ketones is 1. The summed E-state index contributed by atoms with van der Waals surface area (Å²) in [5.41, 5.74) is -0.138. The average molecular weight is 446 g/mol. The van der Waals surface area contributed by atoms with E-state index in [-0.39, 0.29) is 29.5 Å². The first-order chi connectivity index (χ1) is 15.2. The van der Waals surface area contributed by atoms with Gasteiger partial charge in [-0.3, -0.25) is 9.59 Å². The molecule has 1 N–H and O–H groups in total. The second-order valence-corrected chi connectivity index (χ2v) is 7.88. The van der Waals surface area contributed by atoms with Crippen LogP contribution in [0.4, 0.5) is 0 Å². The number of ether oxygens (including phenoxy) is 4. The Balaban J connectivity index is 2.02. The molecule has 0 spiro atoms. The van der Waals surface area contributed by atoms with Crippen molar-refractivity contribution in [2.24, 2.45) is 11.8 Å². The lowest BCUT2D eigenvalue weighted by Crippen LogP contribution is -2.39. The van der Waals surface area contributed by atoms with Crippen LogP contribution in [0.2, 0.25) is 0 Å². The minimum Gasteiger partial charge on any atom is -0.503 e. The van der Waals surface area contributed by atoms with E-state index < -0.39 is 29.9 Å². The van der Waals surface area contributed by atoms with E-state index in [1.807, 2.05) is 20.8 Å². The third-order valence-corrected chi connectivity index (χ3v) is 5.02. The van der Waals surface area contributed by atoms with Crippen molar-refractivity contribution in [2.45, 2.75) is 46.3 Å². The Morgan fingerprint density at radius 2 is 1.59 bits per heavy atom. The Hall–Kier alpha value is -3.29. The van der Waals surface area contributed by atoms with Gasteiger partial charge in [0.1, 0.15) is 23.7 Å². The van der Waals surface area contributed by atoms with E-state index in [2.05, 4.69) is 4.98 Å². The minimum atomic E-state index is -0.732. The molecule has 8 nitrogen and oxygen atoms in total. The fourth-order valence-corrected chi connectivity index (χ4v) is 3.22. The molecular weight excluding hydrogens is 414 g/mol. The second kappa shape index (κ2) is 11.4. The Bertz CT molecular complexity index is 911. The van der Waals surface area contributed by atoms with Crippen LogP contribution < -0.4 is 14.2 Å². The molecule has 2 aromatic rings. The van der Waals surface area contributed by atoms with Crippen LogP contribution in [0, 0.1) is 11.8 Å². The smallest absolute Gasteiger partial charge is 0.309 e. The number of hydrogen-bond donors (Lipinski definition) is 1. The normalized spacial score (nSPS) is 13.7. The van der Waals surface area contributed by atoms with Gasteiger partial charge in [-0.15, -0.1) is 0 Å². The van der Waals surface area contributed by atoms with Gasteiger partial charge in [-0.05, 0) is 37.1 Å². The first-order valence-corrected chi connectivity index (χ1v) is 10.4. The number of aromatic nitrogens is 1. The maximum Gasteiger partial charge on any atom is 0.309 e. The number of benzene rings is 1. The van der Waals surface area contributed by atoms with E-state index in [4.69, 9.17) is 18.9 Å². The summed E-state index contributed by atoms with van der Waals surface area (Å²) in [6, 6.07) is 8.58. The van der Waals surface area contributed by atoms with E-state index in [1.54, 1.807) is 38.3 Å². The van der Waals surface area contributed by atoms with Crippen molar-refractivity contribution in [3.8, 4) is 23.0 Å². The molecule has 32 heavy (non-hydrogen) atoms. The molecule has 174 valence electrons. The molecule has 0 aliphatic carbocycles. The maximum absolute atomic E-state index is 12.7. The molecule has 0 aliphatic heterocycles. The van der Waals surface area contributed by atoms with Crippen molar-refractivity contribution in [3.63, 3.8) is 0 Å². The van der Waals surface area contributed by atoms with E-state index in [1.165, 1.54) is 19.4 Å². The molecule has 0 radical (unpaired) electrons. The highest BCUT2D eigenvalue weighted by molar-refractivity contribution is 5.99. The molecule has 1 aromatic carbocycles. The molecule has 0 fully saturated rings. The molecule has 0 bridgehead atoms. The summed E-state index contributed by atoms with van der Waals surface area (Å²) in [4.78, 5) is 29.2. The van der Waals surface area contributed by atoms with Crippen LogP contribution >= 0.6 is 0 Å². The van der Waals surface area contributed by atoms with E-state index in [0.29, 0.717) is 11.5 Å². The Morgan fingerprint density at radius 1 is 0.969 bits per heavy atom. The zero-order valence-electron chi connectivity index (χ0n) is 19.3. The molecule has 0 amide bonds. The molecular formula is C24H31NO7. The fraction of sp³-hybridized carbons (Fsp3) is 0.458. The predicted octanol–water partition coefficient (Wildman–Crippen LogP) is 4.05. The van der Waals surface area contributed by atoms with E-state index in [9.17, 15) is 14.7 Å². The van der Waals surface area contributed by atoms with Crippen LogP contribution in [0.1, 0.15) is 44.6 Å². The first-order valence-electron chi connectivity index (χ1n) is 10.4. The number of esters is 1. The number of pyridine rings is 1. The summed E-state index contributed by atoms with van der Waals surface area (Å²) in [7, 11) is 2.97. The highest BCUT2D eigenvalue weighted by Gasteiger charge is 2.30. The predicted molar refractivity (Wildman–Crippen MR) is 118 cm³/mol. The standard InChI is InChI=1S/C24H31NO7/c1-14(2)23(16(4)31-18-9-7-17(29-5)8-10-18)32-24(28)15(3)13-19(26)21-22(27)20(30-6)11-12-25-21/h7-12,14-16,23,27H,13H2,1-6H3/t15-,16+,23-/m1/s1. The Labute approximate surface area is 188 Å². The zero-order valence-corrected chi connectivity index (χ0v) is 19.3. The summed E-state index contributed by atoms with van der Waals surface area (Å²) in [6.07, 6.45) is 0.261. The number of methoxy groups -OCH3 is 2. The lowest BCUT2D eigenvalue weighted by Gasteiger charge is -2.29. The summed E-state index contributed by atoms with van der Waals surface area (Å²) in [6.45, 7) is 7.29. The summed E-state index contributed by atoms with van der Waals surface area (Å²) >= 11 is 0. The van der Waals surface area contributed by atoms with Crippen molar-refractivity contribution >= 4 is 11.8 Å². The van der Waals surface area contributed by atoms with E-state index in [0.717, 1.165) is 0 Å². The SMILES string of the molecule is COc1ccc(O[C@@H](C)[C@H](OC(=O)[C@H](C)CC(=O)c2nccc(OC)c2O)C(C)C)cc1. The van der Waals surface area contributed by atoms with Crippen molar-refractivity contribution in [1.82, 2.24) is 4.98 Å². The van der Waals surface area contributed by atoms with Gasteiger partial charge in [0.2, 0.25) is 0 Å². The fourth-order valence-electron chi connectivity index (χ4n) is 3.22. The van der Waals surface area contributed by atoms with Gasteiger partial charge in [0.25, 0.3) is 0 Å². The highest BCUT2D eigenvalue weighted by Crippen LogP contribution is 2.29. The monoisotopic (exact) mass is 445 g/mol. The van der Waals surface area contributed by atoms with Crippen LogP contribution in [0.3, 0.4) is 0 Å². The topological polar surface area (TPSA) is 104 Å².